The molecule has 0 unspecified atom stereocenters. The highest BCUT2D eigenvalue weighted by molar-refractivity contribution is 6.25. The summed E-state index contributed by atoms with van der Waals surface area (Å²) in [5, 5.41) is 21.1. The largest absolute Gasteiger partial charge is 0.348 e. The van der Waals surface area contributed by atoms with Crippen LogP contribution in [0.25, 0.3) is 82.0 Å². The van der Waals surface area contributed by atoms with Crippen LogP contribution in [0.1, 0.15) is 52.7 Å². The van der Waals surface area contributed by atoms with Crippen molar-refractivity contribution in [1.82, 2.24) is 9.55 Å². The van der Waals surface area contributed by atoms with Crippen molar-refractivity contribution in [3.63, 3.8) is 0 Å². The number of benzene rings is 7. The molecule has 5 nitrogen and oxygen atoms in total. The van der Waals surface area contributed by atoms with Crippen molar-refractivity contribution in [2.45, 2.75) is 52.4 Å². The molecule has 7 aromatic carbocycles. The van der Waals surface area contributed by atoms with Crippen molar-refractivity contribution in [2.24, 2.45) is 0 Å². The molecule has 0 fully saturated rings. The van der Waals surface area contributed by atoms with Crippen LogP contribution < -0.4 is 0 Å². The fourth-order valence-electron chi connectivity index (χ4n) is 8.24. The second-order valence-corrected chi connectivity index (χ2v) is 16.8. The molecule has 0 saturated heterocycles. The number of non-ortho nitro benzene ring substituents is 1. The molecular formula is C50H43N3O2. The summed E-state index contributed by atoms with van der Waals surface area (Å²) in [6.45, 7) is 13.5. The van der Waals surface area contributed by atoms with Gasteiger partial charge in [-0.25, -0.2) is 0 Å². The fraction of sp³-hybridized carbons (Fsp3) is 0.160. The number of hydrogen-bond donors (Lipinski definition) is 1. The zero-order chi connectivity index (χ0) is 38.2. The lowest BCUT2D eigenvalue weighted by atomic mass is 9.79. The van der Waals surface area contributed by atoms with Gasteiger partial charge >= 0.3 is 0 Å². The van der Waals surface area contributed by atoms with Gasteiger partial charge in [0.05, 0.1) is 21.5 Å². The maximum Gasteiger partial charge on any atom is 0.293 e. The number of nitrogens with zero attached hydrogens (tertiary/aromatic N) is 2. The summed E-state index contributed by atoms with van der Waals surface area (Å²) >= 11 is 0. The van der Waals surface area contributed by atoms with Gasteiger partial charge in [0, 0.05) is 38.9 Å². The number of aromatic nitrogens is 2. The lowest BCUT2D eigenvalue weighted by Crippen LogP contribution is -2.16. The van der Waals surface area contributed by atoms with Crippen LogP contribution in [0.5, 0.6) is 0 Å². The molecular weight excluding hydrogens is 675 g/mol. The van der Waals surface area contributed by atoms with Crippen LogP contribution in [0, 0.1) is 10.1 Å². The Morgan fingerprint density at radius 1 is 0.491 bits per heavy atom. The monoisotopic (exact) mass is 717 g/mol. The van der Waals surface area contributed by atoms with E-state index < -0.39 is 0 Å². The third kappa shape index (κ3) is 5.70. The lowest BCUT2D eigenvalue weighted by molar-refractivity contribution is -0.383. The smallest absolute Gasteiger partial charge is 0.293 e. The number of aromatic amines is 1. The molecule has 2 aromatic heterocycles. The van der Waals surface area contributed by atoms with E-state index in [1.807, 2.05) is 12.1 Å². The van der Waals surface area contributed by atoms with E-state index in [-0.39, 0.29) is 21.4 Å². The minimum absolute atomic E-state index is 0.0256. The number of para-hydroxylation sites is 4. The van der Waals surface area contributed by atoms with Crippen LogP contribution in [0.3, 0.4) is 0 Å². The average molecular weight is 718 g/mol. The SMILES string of the molecule is CC(C)(C)c1cc(-c2cccc3c2[nH]c2c([N+](=O)[O-])cccc2c2cc4c(cc2c2ccccc32)c2ccccc2n4-c2ccccc2)cc(C(C)(C)C)c1. The Hall–Kier alpha value is -6.46. The van der Waals surface area contributed by atoms with Gasteiger partial charge in [0.25, 0.3) is 5.69 Å². The van der Waals surface area contributed by atoms with Crippen LogP contribution in [0.15, 0.2) is 146 Å². The van der Waals surface area contributed by atoms with Crippen LogP contribution in [0.4, 0.5) is 5.69 Å². The molecule has 9 aromatic rings. The third-order valence-corrected chi connectivity index (χ3v) is 11.2. The first-order valence-electron chi connectivity index (χ1n) is 18.9. The van der Waals surface area contributed by atoms with Gasteiger partial charge < -0.3 is 9.55 Å². The van der Waals surface area contributed by atoms with Gasteiger partial charge in [-0.05, 0) is 79.4 Å². The Kier molecular flexibility index (Phi) is 7.84. The summed E-state index contributed by atoms with van der Waals surface area (Å²) in [4.78, 5) is 16.5. The molecule has 5 heteroatoms. The van der Waals surface area contributed by atoms with Crippen molar-refractivity contribution < 1.29 is 4.92 Å². The molecule has 0 aliphatic rings. The lowest BCUT2D eigenvalue weighted by Gasteiger charge is -2.26. The molecule has 0 spiro atoms. The summed E-state index contributed by atoms with van der Waals surface area (Å²) in [6, 6.07) is 50.7. The highest BCUT2D eigenvalue weighted by atomic mass is 16.6. The topological polar surface area (TPSA) is 63.9 Å². The molecule has 2 heterocycles. The molecule has 270 valence electrons. The third-order valence-electron chi connectivity index (χ3n) is 11.2. The predicted molar refractivity (Wildman–Crippen MR) is 232 cm³/mol. The first-order valence-corrected chi connectivity index (χ1v) is 18.9. The van der Waals surface area contributed by atoms with Gasteiger partial charge in [0.15, 0.2) is 0 Å². The zero-order valence-corrected chi connectivity index (χ0v) is 32.1. The Balaban J connectivity index is 1.55. The number of nitro benzene ring substituents is 1. The first-order chi connectivity index (χ1) is 26.4. The van der Waals surface area contributed by atoms with Crippen LogP contribution in [0.2, 0.25) is 0 Å². The molecule has 0 atom stereocenters. The highest BCUT2D eigenvalue weighted by Crippen LogP contribution is 2.42. The molecule has 0 aliphatic heterocycles. The average Bonchev–Trinajstić information content (AvgIpc) is 3.51. The zero-order valence-electron chi connectivity index (χ0n) is 32.1. The van der Waals surface area contributed by atoms with Crippen molar-refractivity contribution in [2.75, 3.05) is 0 Å². The number of rotatable bonds is 3. The minimum atomic E-state index is -0.268. The van der Waals surface area contributed by atoms with Gasteiger partial charge in [-0.2, -0.15) is 0 Å². The Morgan fingerprint density at radius 2 is 1.04 bits per heavy atom. The van der Waals surface area contributed by atoms with E-state index in [0.29, 0.717) is 5.52 Å². The van der Waals surface area contributed by atoms with E-state index >= 15 is 0 Å². The number of nitrogens with one attached hydrogen (secondary N) is 1. The van der Waals surface area contributed by atoms with E-state index in [1.54, 1.807) is 12.1 Å². The molecule has 0 bridgehead atoms. The van der Waals surface area contributed by atoms with E-state index in [0.717, 1.165) is 76.5 Å². The number of fused-ring (bicyclic) bond motifs is 10. The van der Waals surface area contributed by atoms with Crippen LogP contribution in [-0.2, 0) is 10.8 Å². The Morgan fingerprint density at radius 3 is 1.69 bits per heavy atom. The maximum absolute atomic E-state index is 13.0. The van der Waals surface area contributed by atoms with Gasteiger partial charge in [0.1, 0.15) is 5.52 Å². The van der Waals surface area contributed by atoms with Gasteiger partial charge in [-0.15, -0.1) is 0 Å². The number of H-pyrrole nitrogens is 1. The van der Waals surface area contributed by atoms with Gasteiger partial charge in [-0.3, -0.25) is 10.1 Å². The quantitative estimate of drug-likeness (QED) is 0.146. The molecule has 0 aliphatic carbocycles. The number of nitro groups is 1. The maximum atomic E-state index is 13.0. The molecule has 0 saturated carbocycles. The summed E-state index contributed by atoms with van der Waals surface area (Å²) in [5.41, 5.74) is 8.91. The second kappa shape index (κ2) is 12.6. The minimum Gasteiger partial charge on any atom is -0.348 e. The van der Waals surface area contributed by atoms with E-state index in [2.05, 4.69) is 172 Å². The summed E-state index contributed by atoms with van der Waals surface area (Å²) < 4.78 is 2.30. The summed E-state index contributed by atoms with van der Waals surface area (Å²) in [7, 11) is 0. The van der Waals surface area contributed by atoms with Crippen LogP contribution >= 0.6 is 0 Å². The number of hydrogen-bond acceptors (Lipinski definition) is 2. The normalized spacial score (nSPS) is 12.3. The van der Waals surface area contributed by atoms with Crippen molar-refractivity contribution in [1.29, 1.82) is 0 Å². The standard InChI is InChI=1S/C50H43N3O2/c1-49(2,3)32-26-31(27-33(28-32)50(4,5)6)35-21-14-22-39-36-18-10-11-19-37(36)41-29-43-38-20-12-13-24-44(38)52(34-16-8-7-9-17-34)46(43)30-42(41)40-23-15-25-45(53(54)55)48(40)51-47(35)39/h7-30,51H,1-6H3. The van der Waals surface area contributed by atoms with Crippen molar-refractivity contribution in [3.8, 4) is 16.8 Å². The van der Waals surface area contributed by atoms with Gasteiger partial charge in [-0.1, -0.05) is 151 Å². The molecule has 0 amide bonds. The summed E-state index contributed by atoms with van der Waals surface area (Å²) in [6.07, 6.45) is 0. The molecule has 55 heavy (non-hydrogen) atoms. The van der Waals surface area contributed by atoms with Crippen molar-refractivity contribution in [3.05, 3.63) is 167 Å². The van der Waals surface area contributed by atoms with Gasteiger partial charge in [0.2, 0.25) is 0 Å². The Labute approximate surface area is 320 Å². The first kappa shape index (κ1) is 34.3. The predicted octanol–water partition coefficient (Wildman–Crippen LogP) is 14.0. The fourth-order valence-corrected chi connectivity index (χ4v) is 8.24. The van der Waals surface area contributed by atoms with E-state index in [4.69, 9.17) is 0 Å². The highest BCUT2D eigenvalue weighted by Gasteiger charge is 2.23. The van der Waals surface area contributed by atoms with E-state index in [9.17, 15) is 10.1 Å². The molecule has 1 N–H and O–H groups in total. The van der Waals surface area contributed by atoms with Crippen molar-refractivity contribution >= 4 is 70.8 Å². The molecule has 0 radical (unpaired) electrons. The Bertz CT molecular complexity index is 3050. The van der Waals surface area contributed by atoms with Crippen LogP contribution in [-0.4, -0.2) is 14.5 Å². The van der Waals surface area contributed by atoms with E-state index in [1.165, 1.54) is 11.1 Å². The molecule has 9 rings (SSSR count). The second-order valence-electron chi connectivity index (χ2n) is 16.8. The summed E-state index contributed by atoms with van der Waals surface area (Å²) in [5.74, 6) is 0.